The number of methoxy groups -OCH3 is 1. The fourth-order valence-corrected chi connectivity index (χ4v) is 5.19. The lowest BCUT2D eigenvalue weighted by atomic mass is 10.0. The van der Waals surface area contributed by atoms with E-state index < -0.39 is 4.92 Å². The minimum absolute atomic E-state index is 0.0871. The number of anilines is 1. The highest BCUT2D eigenvalue weighted by molar-refractivity contribution is 8.00. The van der Waals surface area contributed by atoms with Gasteiger partial charge in [-0.05, 0) is 24.3 Å². The Labute approximate surface area is 183 Å². The van der Waals surface area contributed by atoms with Crippen molar-refractivity contribution in [3.8, 4) is 11.4 Å². The molecule has 31 heavy (non-hydrogen) atoms. The first-order valence-electron chi connectivity index (χ1n) is 9.75. The third-order valence-electron chi connectivity index (χ3n) is 5.35. The molecule has 1 aliphatic carbocycles. The van der Waals surface area contributed by atoms with E-state index in [0.29, 0.717) is 23.2 Å². The fourth-order valence-electron chi connectivity index (χ4n) is 3.89. The number of nitro benzene ring substituents is 1. The lowest BCUT2D eigenvalue weighted by Crippen LogP contribution is -2.43. The third kappa shape index (κ3) is 3.57. The summed E-state index contributed by atoms with van der Waals surface area (Å²) in [7, 11) is 1.48. The Morgan fingerprint density at radius 2 is 2.00 bits per heavy atom. The molecular formula is C22H19N5O3S. The van der Waals surface area contributed by atoms with Crippen molar-refractivity contribution >= 4 is 23.1 Å². The number of nitrogens with zero attached hydrogens (tertiary/aromatic N) is 5. The average Bonchev–Trinajstić information content (AvgIpc) is 3.27. The molecule has 1 aromatic heterocycles. The van der Waals surface area contributed by atoms with E-state index in [-0.39, 0.29) is 11.7 Å². The number of fused-ring (bicyclic) bond motifs is 2. The van der Waals surface area contributed by atoms with Crippen LogP contribution < -0.4 is 9.64 Å². The van der Waals surface area contributed by atoms with E-state index in [2.05, 4.69) is 51.6 Å². The second kappa shape index (κ2) is 7.92. The topological polar surface area (TPSA) is 86.3 Å². The molecule has 8 nitrogen and oxygen atoms in total. The van der Waals surface area contributed by atoms with E-state index in [0.717, 1.165) is 11.4 Å². The SMILES string of the molecule is COc1ccc(-n2cc(CN3c4ccccc4SC4C=CC=CC43)nn2)c([N+](=O)[O-])c1. The first-order valence-corrected chi connectivity index (χ1v) is 10.6. The summed E-state index contributed by atoms with van der Waals surface area (Å²) in [6.07, 6.45) is 10.3. The molecule has 5 rings (SSSR count). The van der Waals surface area contributed by atoms with Crippen LogP contribution >= 0.6 is 11.8 Å². The number of thioether (sulfide) groups is 1. The molecule has 2 aromatic carbocycles. The first-order chi connectivity index (χ1) is 15.1. The zero-order valence-corrected chi connectivity index (χ0v) is 17.5. The lowest BCUT2D eigenvalue weighted by molar-refractivity contribution is -0.384. The van der Waals surface area contributed by atoms with Crippen molar-refractivity contribution in [2.45, 2.75) is 22.7 Å². The monoisotopic (exact) mass is 433 g/mol. The summed E-state index contributed by atoms with van der Waals surface area (Å²) in [5, 5.41) is 20.3. The molecule has 9 heteroatoms. The van der Waals surface area contributed by atoms with E-state index in [4.69, 9.17) is 4.74 Å². The van der Waals surface area contributed by atoms with Crippen molar-refractivity contribution in [1.29, 1.82) is 0 Å². The van der Waals surface area contributed by atoms with Gasteiger partial charge in [-0.3, -0.25) is 10.1 Å². The largest absolute Gasteiger partial charge is 0.496 e. The Balaban J connectivity index is 1.48. The smallest absolute Gasteiger partial charge is 0.298 e. The van der Waals surface area contributed by atoms with Gasteiger partial charge in [0.05, 0.1) is 47.8 Å². The Hall–Kier alpha value is -3.59. The zero-order valence-electron chi connectivity index (χ0n) is 16.7. The summed E-state index contributed by atoms with van der Waals surface area (Å²) in [6, 6.07) is 13.2. The Morgan fingerprint density at radius 3 is 2.84 bits per heavy atom. The van der Waals surface area contributed by atoms with Gasteiger partial charge in [0.1, 0.15) is 17.1 Å². The first kappa shape index (κ1) is 19.4. The standard InChI is InChI=1S/C22H19N5O3S/c1-30-16-10-11-17(20(12-16)27(28)29)26-14-15(23-24-26)13-25-18-6-2-4-8-21(18)31-22-9-5-3-7-19(22)25/h2-12,14,18,21H,13H2,1H3. The number of aromatic nitrogens is 3. The van der Waals surface area contributed by atoms with Crippen LogP contribution in [0.15, 0.2) is 77.9 Å². The molecule has 0 fully saturated rings. The van der Waals surface area contributed by atoms with Crippen LogP contribution in [0.2, 0.25) is 0 Å². The number of hydrogen-bond acceptors (Lipinski definition) is 7. The van der Waals surface area contributed by atoms with Crippen LogP contribution in [0.5, 0.6) is 5.75 Å². The van der Waals surface area contributed by atoms with E-state index in [1.165, 1.54) is 22.8 Å². The molecule has 0 N–H and O–H groups in total. The van der Waals surface area contributed by atoms with Crippen molar-refractivity contribution in [3.63, 3.8) is 0 Å². The van der Waals surface area contributed by atoms with Crippen LogP contribution in [-0.4, -0.2) is 38.3 Å². The van der Waals surface area contributed by atoms with Crippen LogP contribution in [0.25, 0.3) is 5.69 Å². The highest BCUT2D eigenvalue weighted by atomic mass is 32.2. The maximum absolute atomic E-state index is 11.5. The van der Waals surface area contributed by atoms with Gasteiger partial charge >= 0.3 is 0 Å². The van der Waals surface area contributed by atoms with Gasteiger partial charge in [-0.2, -0.15) is 0 Å². The summed E-state index contributed by atoms with van der Waals surface area (Å²) in [4.78, 5) is 14.6. The predicted octanol–water partition coefficient (Wildman–Crippen LogP) is 4.16. The maximum atomic E-state index is 11.5. The van der Waals surface area contributed by atoms with Gasteiger partial charge in [0.15, 0.2) is 0 Å². The van der Waals surface area contributed by atoms with Crippen LogP contribution in [0.4, 0.5) is 11.4 Å². The summed E-state index contributed by atoms with van der Waals surface area (Å²) >= 11 is 1.86. The number of ether oxygens (including phenoxy) is 1. The minimum atomic E-state index is -0.443. The number of nitro groups is 1. The second-order valence-corrected chi connectivity index (χ2v) is 8.42. The third-order valence-corrected chi connectivity index (χ3v) is 6.66. The molecule has 2 aliphatic rings. The zero-order chi connectivity index (χ0) is 21.4. The molecule has 3 aromatic rings. The van der Waals surface area contributed by atoms with Crippen molar-refractivity contribution in [2.24, 2.45) is 0 Å². The van der Waals surface area contributed by atoms with Gasteiger partial charge in [-0.15, -0.1) is 16.9 Å². The van der Waals surface area contributed by atoms with Crippen molar-refractivity contribution in [2.75, 3.05) is 12.0 Å². The molecule has 0 radical (unpaired) electrons. The Morgan fingerprint density at radius 1 is 1.16 bits per heavy atom. The summed E-state index contributed by atoms with van der Waals surface area (Å²) in [5.41, 5.74) is 2.14. The van der Waals surface area contributed by atoms with Gasteiger partial charge in [-0.1, -0.05) is 41.7 Å². The molecule has 0 amide bonds. The second-order valence-electron chi connectivity index (χ2n) is 7.20. The number of benzene rings is 2. The van der Waals surface area contributed by atoms with E-state index in [1.807, 2.05) is 23.9 Å². The highest BCUT2D eigenvalue weighted by Crippen LogP contribution is 2.44. The van der Waals surface area contributed by atoms with Crippen LogP contribution in [-0.2, 0) is 6.54 Å². The number of hydrogen-bond donors (Lipinski definition) is 0. The minimum Gasteiger partial charge on any atom is -0.496 e. The fraction of sp³-hybridized carbons (Fsp3) is 0.182. The van der Waals surface area contributed by atoms with Crippen LogP contribution in [0.3, 0.4) is 0 Å². The summed E-state index contributed by atoms with van der Waals surface area (Å²) in [6.45, 7) is 0.543. The molecule has 0 spiro atoms. The molecule has 0 saturated carbocycles. The van der Waals surface area contributed by atoms with Gasteiger partial charge in [0.25, 0.3) is 5.69 Å². The molecule has 1 aliphatic heterocycles. The van der Waals surface area contributed by atoms with Crippen molar-refractivity contribution in [3.05, 3.63) is 88.8 Å². The molecule has 2 heterocycles. The van der Waals surface area contributed by atoms with Gasteiger partial charge < -0.3 is 9.64 Å². The predicted molar refractivity (Wildman–Crippen MR) is 119 cm³/mol. The molecule has 2 atom stereocenters. The average molecular weight is 433 g/mol. The number of allylic oxidation sites excluding steroid dienone is 2. The van der Waals surface area contributed by atoms with E-state index >= 15 is 0 Å². The molecular weight excluding hydrogens is 414 g/mol. The van der Waals surface area contributed by atoms with Gasteiger partial charge in [0.2, 0.25) is 0 Å². The van der Waals surface area contributed by atoms with Crippen molar-refractivity contribution < 1.29 is 9.66 Å². The molecule has 0 bridgehead atoms. The van der Waals surface area contributed by atoms with Crippen LogP contribution in [0.1, 0.15) is 5.69 Å². The van der Waals surface area contributed by atoms with Crippen LogP contribution in [0, 0.1) is 10.1 Å². The van der Waals surface area contributed by atoms with Gasteiger partial charge in [0, 0.05) is 4.90 Å². The Kier molecular flexibility index (Phi) is 4.95. The van der Waals surface area contributed by atoms with Crippen molar-refractivity contribution in [1.82, 2.24) is 15.0 Å². The van der Waals surface area contributed by atoms with E-state index in [9.17, 15) is 10.1 Å². The molecule has 0 saturated heterocycles. The number of rotatable bonds is 5. The quantitative estimate of drug-likeness (QED) is 0.441. The number of para-hydroxylation sites is 1. The summed E-state index contributed by atoms with van der Waals surface area (Å²) < 4.78 is 6.56. The summed E-state index contributed by atoms with van der Waals surface area (Å²) in [5.74, 6) is 0.418. The highest BCUT2D eigenvalue weighted by Gasteiger charge is 2.33. The molecule has 2 unspecified atom stereocenters. The normalized spacial score (nSPS) is 19.1. The maximum Gasteiger partial charge on any atom is 0.298 e. The Bertz CT molecular complexity index is 1210. The van der Waals surface area contributed by atoms with E-state index in [1.54, 1.807) is 18.3 Å². The lowest BCUT2D eigenvalue weighted by Gasteiger charge is -2.41. The van der Waals surface area contributed by atoms with Gasteiger partial charge in [-0.25, -0.2) is 4.68 Å². The molecule has 156 valence electrons.